The van der Waals surface area contributed by atoms with Gasteiger partial charge in [-0.25, -0.2) is 4.39 Å². The number of methoxy groups -OCH3 is 1. The van der Waals surface area contributed by atoms with Gasteiger partial charge in [0.05, 0.1) is 13.2 Å². The first-order valence-electron chi connectivity index (χ1n) is 7.43. The van der Waals surface area contributed by atoms with Crippen LogP contribution in [-0.4, -0.2) is 26.4 Å². The molecule has 2 atom stereocenters. The molecule has 0 aromatic heterocycles. The van der Waals surface area contributed by atoms with Crippen molar-refractivity contribution in [3.05, 3.63) is 29.6 Å². The van der Waals surface area contributed by atoms with Gasteiger partial charge in [0, 0.05) is 18.2 Å². The Bertz CT molecular complexity index is 419. The van der Waals surface area contributed by atoms with Crippen molar-refractivity contribution in [2.75, 3.05) is 20.3 Å². The Morgan fingerprint density at radius 1 is 1.45 bits per heavy atom. The minimum Gasteiger partial charge on any atom is -0.494 e. The summed E-state index contributed by atoms with van der Waals surface area (Å²) >= 11 is 0. The number of rotatable bonds is 6. The molecule has 0 aliphatic carbocycles. The highest BCUT2D eigenvalue weighted by Gasteiger charge is 2.23. The van der Waals surface area contributed by atoms with Crippen LogP contribution in [0.1, 0.15) is 44.2 Å². The van der Waals surface area contributed by atoms with Crippen LogP contribution in [0.25, 0.3) is 0 Å². The molecule has 1 aromatic rings. The van der Waals surface area contributed by atoms with E-state index in [0.717, 1.165) is 32.4 Å². The highest BCUT2D eigenvalue weighted by molar-refractivity contribution is 5.33. The van der Waals surface area contributed by atoms with Crippen molar-refractivity contribution in [3.8, 4) is 5.75 Å². The normalized spacial score (nSPS) is 20.6. The molecule has 0 amide bonds. The van der Waals surface area contributed by atoms with Crippen molar-refractivity contribution in [2.24, 2.45) is 0 Å². The molecule has 20 heavy (non-hydrogen) atoms. The summed E-state index contributed by atoms with van der Waals surface area (Å²) in [6.45, 7) is 3.66. The molecule has 4 heteroatoms. The topological polar surface area (TPSA) is 30.5 Å². The predicted octanol–water partition coefficient (Wildman–Crippen LogP) is 3.44. The van der Waals surface area contributed by atoms with E-state index in [1.165, 1.54) is 13.5 Å². The van der Waals surface area contributed by atoms with E-state index in [4.69, 9.17) is 9.47 Å². The van der Waals surface area contributed by atoms with Gasteiger partial charge in [0.15, 0.2) is 11.6 Å². The summed E-state index contributed by atoms with van der Waals surface area (Å²) in [5.74, 6) is 0.0340. The van der Waals surface area contributed by atoms with E-state index >= 15 is 0 Å². The van der Waals surface area contributed by atoms with E-state index in [1.54, 1.807) is 6.07 Å². The SMILES string of the molecule is CCNC(CC1CCCCO1)c1cccc(OC)c1F. The zero-order chi connectivity index (χ0) is 14.4. The van der Waals surface area contributed by atoms with Crippen LogP contribution in [0.4, 0.5) is 4.39 Å². The molecule has 0 radical (unpaired) electrons. The first-order valence-corrected chi connectivity index (χ1v) is 7.43. The predicted molar refractivity (Wildman–Crippen MR) is 77.6 cm³/mol. The molecule has 2 unspecified atom stereocenters. The lowest BCUT2D eigenvalue weighted by Gasteiger charge is -2.28. The molecule has 1 saturated heterocycles. The summed E-state index contributed by atoms with van der Waals surface area (Å²) in [5, 5.41) is 3.36. The van der Waals surface area contributed by atoms with Gasteiger partial charge in [0.2, 0.25) is 0 Å². The van der Waals surface area contributed by atoms with Gasteiger partial charge in [-0.2, -0.15) is 0 Å². The Hall–Kier alpha value is -1.13. The Kier molecular flexibility index (Phi) is 5.80. The standard InChI is InChI=1S/C16H24FNO2/c1-3-18-14(11-12-7-4-5-10-20-12)13-8-6-9-15(19-2)16(13)17/h6,8-9,12,14,18H,3-5,7,10-11H2,1-2H3. The fraction of sp³-hybridized carbons (Fsp3) is 0.625. The maximum atomic E-state index is 14.4. The summed E-state index contributed by atoms with van der Waals surface area (Å²) in [7, 11) is 1.49. The van der Waals surface area contributed by atoms with E-state index in [1.807, 2.05) is 19.1 Å². The third-order valence-corrected chi connectivity index (χ3v) is 3.81. The molecule has 0 bridgehead atoms. The Morgan fingerprint density at radius 3 is 2.95 bits per heavy atom. The molecule has 1 heterocycles. The molecule has 3 nitrogen and oxygen atoms in total. The summed E-state index contributed by atoms with van der Waals surface area (Å²) in [5.41, 5.74) is 0.667. The Balaban J connectivity index is 2.14. The zero-order valence-corrected chi connectivity index (χ0v) is 12.3. The number of hydrogen-bond donors (Lipinski definition) is 1. The lowest BCUT2D eigenvalue weighted by atomic mass is 9.96. The van der Waals surface area contributed by atoms with E-state index < -0.39 is 0 Å². The molecule has 112 valence electrons. The van der Waals surface area contributed by atoms with Crippen molar-refractivity contribution in [3.63, 3.8) is 0 Å². The van der Waals surface area contributed by atoms with Crippen LogP contribution < -0.4 is 10.1 Å². The van der Waals surface area contributed by atoms with E-state index in [0.29, 0.717) is 11.3 Å². The summed E-state index contributed by atoms with van der Waals surface area (Å²) < 4.78 is 25.2. The number of benzene rings is 1. The fourth-order valence-corrected chi connectivity index (χ4v) is 2.78. The molecule has 1 aliphatic rings. The number of nitrogens with one attached hydrogen (secondary N) is 1. The lowest BCUT2D eigenvalue weighted by Crippen LogP contribution is -2.29. The minimum absolute atomic E-state index is 0.0294. The quantitative estimate of drug-likeness (QED) is 0.866. The maximum absolute atomic E-state index is 14.4. The molecular weight excluding hydrogens is 257 g/mol. The van der Waals surface area contributed by atoms with Crippen molar-refractivity contribution >= 4 is 0 Å². The van der Waals surface area contributed by atoms with Crippen molar-refractivity contribution in [1.82, 2.24) is 5.32 Å². The average molecular weight is 281 g/mol. The largest absolute Gasteiger partial charge is 0.494 e. The summed E-state index contributed by atoms with van der Waals surface area (Å²) in [6, 6.07) is 5.29. The molecule has 0 saturated carbocycles. The third kappa shape index (κ3) is 3.70. The molecule has 1 aliphatic heterocycles. The summed E-state index contributed by atoms with van der Waals surface area (Å²) in [6.07, 6.45) is 4.42. The first kappa shape index (κ1) is 15.3. The fourth-order valence-electron chi connectivity index (χ4n) is 2.78. The van der Waals surface area contributed by atoms with Crippen LogP contribution in [0.15, 0.2) is 18.2 Å². The third-order valence-electron chi connectivity index (χ3n) is 3.81. The molecule has 1 N–H and O–H groups in total. The maximum Gasteiger partial charge on any atom is 0.169 e. The molecule has 0 spiro atoms. The minimum atomic E-state index is -0.267. The van der Waals surface area contributed by atoms with Crippen LogP contribution in [-0.2, 0) is 4.74 Å². The van der Waals surface area contributed by atoms with Gasteiger partial charge >= 0.3 is 0 Å². The second kappa shape index (κ2) is 7.60. The van der Waals surface area contributed by atoms with Crippen molar-refractivity contribution < 1.29 is 13.9 Å². The van der Waals surface area contributed by atoms with Crippen LogP contribution in [0.5, 0.6) is 5.75 Å². The van der Waals surface area contributed by atoms with Crippen LogP contribution in [0.2, 0.25) is 0 Å². The smallest absolute Gasteiger partial charge is 0.169 e. The van der Waals surface area contributed by atoms with Crippen LogP contribution >= 0.6 is 0 Å². The van der Waals surface area contributed by atoms with Gasteiger partial charge in [0.25, 0.3) is 0 Å². The molecule has 1 fully saturated rings. The van der Waals surface area contributed by atoms with Crippen LogP contribution in [0.3, 0.4) is 0 Å². The Morgan fingerprint density at radius 2 is 2.30 bits per heavy atom. The lowest BCUT2D eigenvalue weighted by molar-refractivity contribution is 0.00492. The van der Waals surface area contributed by atoms with Crippen molar-refractivity contribution in [1.29, 1.82) is 0 Å². The van der Waals surface area contributed by atoms with Gasteiger partial charge < -0.3 is 14.8 Å². The monoisotopic (exact) mass is 281 g/mol. The van der Waals surface area contributed by atoms with Gasteiger partial charge in [-0.3, -0.25) is 0 Å². The van der Waals surface area contributed by atoms with E-state index in [9.17, 15) is 4.39 Å². The van der Waals surface area contributed by atoms with Gasteiger partial charge in [-0.1, -0.05) is 19.1 Å². The molecule has 2 rings (SSSR count). The summed E-state index contributed by atoms with van der Waals surface area (Å²) in [4.78, 5) is 0. The molecular formula is C16H24FNO2. The number of ether oxygens (including phenoxy) is 2. The van der Waals surface area contributed by atoms with Crippen LogP contribution in [0, 0.1) is 5.82 Å². The van der Waals surface area contributed by atoms with Gasteiger partial charge in [-0.15, -0.1) is 0 Å². The Labute approximate surface area is 120 Å². The highest BCUT2D eigenvalue weighted by atomic mass is 19.1. The van der Waals surface area contributed by atoms with Crippen molar-refractivity contribution in [2.45, 2.75) is 44.8 Å². The number of hydrogen-bond acceptors (Lipinski definition) is 3. The first-order chi connectivity index (χ1) is 9.76. The second-order valence-corrected chi connectivity index (χ2v) is 5.20. The molecule has 1 aromatic carbocycles. The number of halogens is 1. The second-order valence-electron chi connectivity index (χ2n) is 5.20. The zero-order valence-electron chi connectivity index (χ0n) is 12.3. The van der Waals surface area contributed by atoms with Gasteiger partial charge in [0.1, 0.15) is 0 Å². The highest BCUT2D eigenvalue weighted by Crippen LogP contribution is 2.30. The van der Waals surface area contributed by atoms with Gasteiger partial charge in [-0.05, 0) is 38.3 Å². The van der Waals surface area contributed by atoms with E-state index in [-0.39, 0.29) is 18.0 Å². The van der Waals surface area contributed by atoms with E-state index in [2.05, 4.69) is 5.32 Å². The average Bonchev–Trinajstić information content (AvgIpc) is 2.48.